The van der Waals surface area contributed by atoms with Gasteiger partial charge in [0, 0.05) is 25.7 Å². The summed E-state index contributed by atoms with van der Waals surface area (Å²) in [4.78, 5) is 8.94. The molecule has 0 bridgehead atoms. The van der Waals surface area contributed by atoms with Gasteiger partial charge in [-0.2, -0.15) is 0 Å². The van der Waals surface area contributed by atoms with Gasteiger partial charge in [-0.1, -0.05) is 13.8 Å². The molecule has 4 nitrogen and oxygen atoms in total. The highest BCUT2D eigenvalue weighted by atomic mass is 15.1. The van der Waals surface area contributed by atoms with Gasteiger partial charge in [-0.05, 0) is 11.6 Å². The Morgan fingerprint density at radius 1 is 1.47 bits per heavy atom. The highest BCUT2D eigenvalue weighted by Gasteiger charge is 2.11. The van der Waals surface area contributed by atoms with E-state index in [2.05, 4.69) is 23.8 Å². The molecule has 80 valence electrons. The van der Waals surface area contributed by atoms with Crippen LogP contribution in [0.1, 0.15) is 31.2 Å². The van der Waals surface area contributed by atoms with Crippen molar-refractivity contribution in [3.63, 3.8) is 0 Å². The van der Waals surface area contributed by atoms with Crippen molar-refractivity contribution in [2.45, 2.75) is 26.3 Å². The minimum Gasteiger partial charge on any atom is -0.326 e. The monoisotopic (exact) mass is 204 g/mol. The number of hydrogen-bond acceptors (Lipinski definition) is 3. The van der Waals surface area contributed by atoms with Crippen LogP contribution in [0.25, 0.3) is 11.2 Å². The molecule has 2 heterocycles. The van der Waals surface area contributed by atoms with E-state index in [9.17, 15) is 0 Å². The van der Waals surface area contributed by atoms with E-state index in [0.29, 0.717) is 12.5 Å². The summed E-state index contributed by atoms with van der Waals surface area (Å²) >= 11 is 0. The number of nitrogens with two attached hydrogens (primary N) is 1. The Morgan fingerprint density at radius 3 is 2.80 bits per heavy atom. The summed E-state index contributed by atoms with van der Waals surface area (Å²) in [5.74, 6) is 1.47. The Labute approximate surface area is 89.1 Å². The lowest BCUT2D eigenvalue weighted by atomic mass is 10.2. The van der Waals surface area contributed by atoms with E-state index in [1.54, 1.807) is 0 Å². The zero-order chi connectivity index (χ0) is 11.0. The molecule has 0 aliphatic heterocycles. The first-order chi connectivity index (χ1) is 7.13. The molecule has 0 unspecified atom stereocenters. The number of aryl methyl sites for hydroxylation is 1. The fourth-order valence-electron chi connectivity index (χ4n) is 1.76. The highest BCUT2D eigenvalue weighted by molar-refractivity contribution is 5.72. The highest BCUT2D eigenvalue weighted by Crippen LogP contribution is 2.19. The van der Waals surface area contributed by atoms with Crippen molar-refractivity contribution >= 4 is 11.2 Å². The first-order valence-electron chi connectivity index (χ1n) is 5.14. The van der Waals surface area contributed by atoms with Gasteiger partial charge in [-0.25, -0.2) is 9.97 Å². The van der Waals surface area contributed by atoms with E-state index in [0.717, 1.165) is 22.6 Å². The lowest BCUT2D eigenvalue weighted by molar-refractivity contribution is 0.719. The number of fused-ring (bicyclic) bond motifs is 1. The van der Waals surface area contributed by atoms with Gasteiger partial charge >= 0.3 is 0 Å². The maximum Gasteiger partial charge on any atom is 0.159 e. The number of hydrogen-bond donors (Lipinski definition) is 1. The van der Waals surface area contributed by atoms with Crippen LogP contribution >= 0.6 is 0 Å². The second-order valence-electron chi connectivity index (χ2n) is 4.07. The molecule has 0 spiro atoms. The van der Waals surface area contributed by atoms with Crippen LogP contribution in [-0.4, -0.2) is 14.5 Å². The van der Waals surface area contributed by atoms with Crippen LogP contribution in [0.3, 0.4) is 0 Å². The summed E-state index contributed by atoms with van der Waals surface area (Å²) in [6.45, 7) is 4.77. The molecule has 0 saturated carbocycles. The molecule has 15 heavy (non-hydrogen) atoms. The third-order valence-electron chi connectivity index (χ3n) is 2.55. The summed E-state index contributed by atoms with van der Waals surface area (Å²) in [6, 6.07) is 2.01. The average Bonchev–Trinajstić information content (AvgIpc) is 2.55. The zero-order valence-electron chi connectivity index (χ0n) is 9.36. The van der Waals surface area contributed by atoms with Gasteiger partial charge in [0.15, 0.2) is 5.65 Å². The van der Waals surface area contributed by atoms with Gasteiger partial charge in [-0.15, -0.1) is 0 Å². The predicted octanol–water partition coefficient (Wildman–Crippen LogP) is 1.55. The quantitative estimate of drug-likeness (QED) is 0.807. The van der Waals surface area contributed by atoms with E-state index in [-0.39, 0.29) is 0 Å². The third-order valence-corrected chi connectivity index (χ3v) is 2.55. The number of rotatable bonds is 2. The maximum absolute atomic E-state index is 5.57. The summed E-state index contributed by atoms with van der Waals surface area (Å²) in [5, 5.41) is 0. The van der Waals surface area contributed by atoms with Gasteiger partial charge in [0.1, 0.15) is 11.3 Å². The van der Waals surface area contributed by atoms with Crippen molar-refractivity contribution < 1.29 is 0 Å². The van der Waals surface area contributed by atoms with Gasteiger partial charge in [-0.3, -0.25) is 0 Å². The van der Waals surface area contributed by atoms with E-state index in [1.807, 2.05) is 23.9 Å². The average molecular weight is 204 g/mol. The second-order valence-corrected chi connectivity index (χ2v) is 4.07. The standard InChI is InChI=1S/C11H16N4/c1-7(2)10-14-9-4-8(5-12)6-13-11(9)15(10)3/h4,6-7H,5,12H2,1-3H3. The lowest BCUT2D eigenvalue weighted by Crippen LogP contribution is -2.00. The minimum absolute atomic E-state index is 0.408. The Balaban J connectivity index is 2.65. The normalized spacial score (nSPS) is 11.5. The van der Waals surface area contributed by atoms with Crippen LogP contribution < -0.4 is 5.73 Å². The molecule has 0 aliphatic carbocycles. The van der Waals surface area contributed by atoms with E-state index in [1.165, 1.54) is 0 Å². The SMILES string of the molecule is CC(C)c1nc2cc(CN)cnc2n1C. The van der Waals surface area contributed by atoms with Crippen molar-refractivity contribution in [3.8, 4) is 0 Å². The Kier molecular flexibility index (Phi) is 2.44. The first-order valence-corrected chi connectivity index (χ1v) is 5.14. The van der Waals surface area contributed by atoms with Crippen molar-refractivity contribution in [1.82, 2.24) is 14.5 Å². The third kappa shape index (κ3) is 1.61. The fourth-order valence-corrected chi connectivity index (χ4v) is 1.76. The molecular weight excluding hydrogens is 188 g/mol. The zero-order valence-corrected chi connectivity index (χ0v) is 9.36. The lowest BCUT2D eigenvalue weighted by Gasteiger charge is -2.03. The molecule has 0 aromatic carbocycles. The first kappa shape index (κ1) is 10.1. The molecule has 0 amide bonds. The Bertz CT molecular complexity index is 485. The summed E-state index contributed by atoms with van der Waals surface area (Å²) in [6.07, 6.45) is 1.81. The molecular formula is C11H16N4. The van der Waals surface area contributed by atoms with Gasteiger partial charge in [0.05, 0.1) is 0 Å². The summed E-state index contributed by atoms with van der Waals surface area (Å²) in [7, 11) is 2.00. The Morgan fingerprint density at radius 2 is 2.20 bits per heavy atom. The van der Waals surface area contributed by atoms with Crippen LogP contribution in [-0.2, 0) is 13.6 Å². The number of nitrogens with zero attached hydrogens (tertiary/aromatic N) is 3. The molecule has 0 fully saturated rings. The fraction of sp³-hybridized carbons (Fsp3) is 0.455. The van der Waals surface area contributed by atoms with Gasteiger partial charge < -0.3 is 10.3 Å². The largest absolute Gasteiger partial charge is 0.326 e. The smallest absolute Gasteiger partial charge is 0.159 e. The van der Waals surface area contributed by atoms with Crippen molar-refractivity contribution in [2.75, 3.05) is 0 Å². The summed E-state index contributed by atoms with van der Waals surface area (Å²) in [5.41, 5.74) is 8.46. The predicted molar refractivity (Wildman–Crippen MR) is 60.5 cm³/mol. The van der Waals surface area contributed by atoms with Crippen LogP contribution in [0.5, 0.6) is 0 Å². The van der Waals surface area contributed by atoms with Crippen molar-refractivity contribution in [3.05, 3.63) is 23.7 Å². The number of pyridine rings is 1. The maximum atomic E-state index is 5.57. The van der Waals surface area contributed by atoms with E-state index >= 15 is 0 Å². The molecule has 2 aromatic rings. The molecule has 2 N–H and O–H groups in total. The van der Waals surface area contributed by atoms with E-state index < -0.39 is 0 Å². The molecule has 0 aliphatic rings. The topological polar surface area (TPSA) is 56.7 Å². The molecule has 4 heteroatoms. The molecule has 0 saturated heterocycles. The van der Waals surface area contributed by atoms with Crippen LogP contribution in [0.4, 0.5) is 0 Å². The minimum atomic E-state index is 0.408. The summed E-state index contributed by atoms with van der Waals surface area (Å²) < 4.78 is 2.04. The van der Waals surface area contributed by atoms with Crippen molar-refractivity contribution in [1.29, 1.82) is 0 Å². The van der Waals surface area contributed by atoms with Crippen LogP contribution in [0, 0.1) is 0 Å². The van der Waals surface area contributed by atoms with Crippen LogP contribution in [0.2, 0.25) is 0 Å². The molecule has 2 rings (SSSR count). The molecule has 0 atom stereocenters. The van der Waals surface area contributed by atoms with Gasteiger partial charge in [0.2, 0.25) is 0 Å². The van der Waals surface area contributed by atoms with Gasteiger partial charge in [0.25, 0.3) is 0 Å². The number of aromatic nitrogens is 3. The molecule has 0 radical (unpaired) electrons. The van der Waals surface area contributed by atoms with Crippen LogP contribution in [0.15, 0.2) is 12.3 Å². The molecule has 2 aromatic heterocycles. The van der Waals surface area contributed by atoms with E-state index in [4.69, 9.17) is 5.73 Å². The second kappa shape index (κ2) is 3.62. The number of imidazole rings is 1. The van der Waals surface area contributed by atoms with Crippen molar-refractivity contribution in [2.24, 2.45) is 12.8 Å². The Hall–Kier alpha value is -1.42.